The number of methoxy groups -OCH3 is 1. The van der Waals surface area contributed by atoms with Gasteiger partial charge in [-0.05, 0) is 6.92 Å². The number of hydrogen-bond acceptors (Lipinski definition) is 7. The summed E-state index contributed by atoms with van der Waals surface area (Å²) in [6.45, 7) is 5.43. The quantitative estimate of drug-likeness (QED) is 0.827. The van der Waals surface area contributed by atoms with Crippen LogP contribution in [0.25, 0.3) is 11.0 Å². The fraction of sp³-hybridized carbons (Fsp3) is 0.357. The fourth-order valence-corrected chi connectivity index (χ4v) is 2.80. The number of hydrogen-bond donors (Lipinski definition) is 2. The average Bonchev–Trinajstić information content (AvgIpc) is 2.97. The Labute approximate surface area is 126 Å². The monoisotopic (exact) mass is 301 g/mol. The van der Waals surface area contributed by atoms with E-state index < -0.39 is 17.9 Å². The normalized spacial score (nSPS) is 27.8. The van der Waals surface area contributed by atoms with Crippen LogP contribution >= 0.6 is 0 Å². The predicted octanol–water partition coefficient (Wildman–Crippen LogP) is 0.478. The first-order valence-electron chi connectivity index (χ1n) is 6.54. The Bertz CT molecular complexity index is 809. The van der Waals surface area contributed by atoms with Crippen LogP contribution in [-0.4, -0.2) is 39.0 Å². The van der Waals surface area contributed by atoms with Crippen LogP contribution in [0.4, 0.5) is 5.82 Å². The van der Waals surface area contributed by atoms with Crippen molar-refractivity contribution in [1.29, 1.82) is 5.26 Å². The number of nitrogens with zero attached hydrogens (tertiary/aromatic N) is 4. The van der Waals surface area contributed by atoms with E-state index in [-0.39, 0.29) is 5.82 Å². The van der Waals surface area contributed by atoms with Crippen molar-refractivity contribution < 1.29 is 14.6 Å². The van der Waals surface area contributed by atoms with Crippen LogP contribution in [0.15, 0.2) is 24.9 Å². The molecule has 114 valence electrons. The second kappa shape index (κ2) is 4.69. The minimum atomic E-state index is -1.22. The van der Waals surface area contributed by atoms with Crippen LogP contribution in [-0.2, 0) is 15.2 Å². The summed E-state index contributed by atoms with van der Waals surface area (Å²) in [6.07, 6.45) is 1.13. The van der Waals surface area contributed by atoms with Crippen LogP contribution in [0.3, 0.4) is 0 Å². The Morgan fingerprint density at radius 2 is 2.32 bits per heavy atom. The Balaban J connectivity index is 2.26. The lowest BCUT2D eigenvalue weighted by Crippen LogP contribution is -2.43. The van der Waals surface area contributed by atoms with Gasteiger partial charge in [-0.15, -0.1) is 0 Å². The van der Waals surface area contributed by atoms with Crippen molar-refractivity contribution >= 4 is 16.9 Å². The number of aliphatic hydroxyl groups excluding tert-OH is 1. The first kappa shape index (κ1) is 14.3. The smallest absolute Gasteiger partial charge is 0.213 e. The van der Waals surface area contributed by atoms with E-state index in [1.54, 1.807) is 11.5 Å². The van der Waals surface area contributed by atoms with Crippen molar-refractivity contribution in [1.82, 2.24) is 14.5 Å². The lowest BCUT2D eigenvalue weighted by Gasteiger charge is -2.29. The van der Waals surface area contributed by atoms with Crippen molar-refractivity contribution in [3.8, 4) is 6.07 Å². The first-order chi connectivity index (χ1) is 10.4. The van der Waals surface area contributed by atoms with Crippen molar-refractivity contribution in [3.63, 3.8) is 0 Å². The second-order valence-electron chi connectivity index (χ2n) is 5.21. The lowest BCUT2D eigenvalue weighted by atomic mass is 10.1. The highest BCUT2D eigenvalue weighted by molar-refractivity contribution is 5.92. The summed E-state index contributed by atoms with van der Waals surface area (Å²) in [4.78, 5) is 8.07. The molecule has 2 aromatic heterocycles. The number of nitrogens with two attached hydrogens (primary N) is 1. The number of nitrogen functional groups attached to an aromatic ring is 1. The molecule has 0 bridgehead atoms. The van der Waals surface area contributed by atoms with E-state index in [0.29, 0.717) is 22.4 Å². The molecule has 8 heteroatoms. The van der Waals surface area contributed by atoms with Gasteiger partial charge in [-0.2, -0.15) is 5.26 Å². The highest BCUT2D eigenvalue weighted by Gasteiger charge is 2.51. The molecule has 1 fully saturated rings. The van der Waals surface area contributed by atoms with Gasteiger partial charge in [0, 0.05) is 13.3 Å². The van der Waals surface area contributed by atoms with Gasteiger partial charge in [0.1, 0.15) is 41.8 Å². The van der Waals surface area contributed by atoms with Crippen LogP contribution in [0.1, 0.15) is 12.5 Å². The maximum Gasteiger partial charge on any atom is 0.213 e. The summed E-state index contributed by atoms with van der Waals surface area (Å²) in [5.74, 6) is 0.499. The van der Waals surface area contributed by atoms with E-state index in [4.69, 9.17) is 15.2 Å². The molecule has 0 radical (unpaired) electrons. The predicted molar refractivity (Wildman–Crippen MR) is 77.3 cm³/mol. The lowest BCUT2D eigenvalue weighted by molar-refractivity contribution is -0.100. The van der Waals surface area contributed by atoms with E-state index in [1.807, 2.05) is 0 Å². The van der Waals surface area contributed by atoms with Crippen LogP contribution in [0.2, 0.25) is 0 Å². The third kappa shape index (κ3) is 1.70. The number of aromatic nitrogens is 3. The summed E-state index contributed by atoms with van der Waals surface area (Å²) in [7, 11) is 1.46. The third-order valence-corrected chi connectivity index (χ3v) is 3.96. The van der Waals surface area contributed by atoms with Crippen molar-refractivity contribution in [3.05, 3.63) is 30.4 Å². The topological polar surface area (TPSA) is 119 Å². The SMILES string of the molecule is C=C1O[C@@](C)(n2cc(C#N)c3c(N)ncnc32)[C@H](O)[C@@H]1OC. The molecule has 0 aliphatic carbocycles. The summed E-state index contributed by atoms with van der Waals surface area (Å²) in [5.41, 5.74) is 5.33. The molecule has 1 aliphatic heterocycles. The van der Waals surface area contributed by atoms with E-state index in [2.05, 4.69) is 22.6 Å². The molecule has 1 saturated heterocycles. The van der Waals surface area contributed by atoms with E-state index >= 15 is 0 Å². The zero-order valence-corrected chi connectivity index (χ0v) is 12.1. The molecule has 0 unspecified atom stereocenters. The zero-order valence-electron chi connectivity index (χ0n) is 12.1. The molecule has 1 aliphatic rings. The Morgan fingerprint density at radius 3 is 2.91 bits per heavy atom. The third-order valence-electron chi connectivity index (χ3n) is 3.96. The molecule has 0 saturated carbocycles. The molecule has 3 heterocycles. The molecule has 8 nitrogen and oxygen atoms in total. The largest absolute Gasteiger partial charge is 0.467 e. The van der Waals surface area contributed by atoms with Gasteiger partial charge in [0.2, 0.25) is 5.72 Å². The summed E-state index contributed by atoms with van der Waals surface area (Å²) in [5, 5.41) is 20.3. The Hall–Kier alpha value is -2.63. The number of fused-ring (bicyclic) bond motifs is 1. The molecule has 3 atom stereocenters. The Morgan fingerprint density at radius 1 is 1.59 bits per heavy atom. The highest BCUT2D eigenvalue weighted by atomic mass is 16.6. The number of anilines is 1. The highest BCUT2D eigenvalue weighted by Crippen LogP contribution is 2.40. The van der Waals surface area contributed by atoms with Gasteiger partial charge in [0.15, 0.2) is 0 Å². The van der Waals surface area contributed by atoms with Gasteiger partial charge in [0.05, 0.1) is 10.9 Å². The number of ether oxygens (including phenoxy) is 2. The average molecular weight is 301 g/mol. The number of rotatable bonds is 2. The van der Waals surface area contributed by atoms with Crippen LogP contribution in [0.5, 0.6) is 0 Å². The van der Waals surface area contributed by atoms with E-state index in [0.717, 1.165) is 0 Å². The minimum absolute atomic E-state index is 0.193. The molecule has 0 spiro atoms. The van der Waals surface area contributed by atoms with Crippen LogP contribution < -0.4 is 5.73 Å². The summed E-state index contributed by atoms with van der Waals surface area (Å²) in [6, 6.07) is 2.05. The molecule has 22 heavy (non-hydrogen) atoms. The van der Waals surface area contributed by atoms with E-state index in [1.165, 1.54) is 19.6 Å². The first-order valence-corrected chi connectivity index (χ1v) is 6.54. The van der Waals surface area contributed by atoms with Gasteiger partial charge in [-0.1, -0.05) is 6.58 Å². The molecule has 0 amide bonds. The number of aliphatic hydroxyl groups is 1. The molecule has 3 N–H and O–H groups in total. The second-order valence-corrected chi connectivity index (χ2v) is 5.21. The van der Waals surface area contributed by atoms with Gasteiger partial charge in [0.25, 0.3) is 0 Å². The zero-order chi connectivity index (χ0) is 16.1. The van der Waals surface area contributed by atoms with Crippen molar-refractivity contribution in [2.45, 2.75) is 24.9 Å². The minimum Gasteiger partial charge on any atom is -0.467 e. The molecular formula is C14H15N5O3. The van der Waals surface area contributed by atoms with Gasteiger partial charge in [-0.25, -0.2) is 9.97 Å². The maximum absolute atomic E-state index is 10.6. The van der Waals surface area contributed by atoms with Gasteiger partial charge >= 0.3 is 0 Å². The summed E-state index contributed by atoms with van der Waals surface area (Å²) >= 11 is 0. The fourth-order valence-electron chi connectivity index (χ4n) is 2.80. The number of nitriles is 1. The van der Waals surface area contributed by atoms with Crippen LogP contribution in [0, 0.1) is 11.3 Å². The van der Waals surface area contributed by atoms with Gasteiger partial charge < -0.3 is 20.3 Å². The molecule has 0 aromatic carbocycles. The standard InChI is InChI=1S/C14H15N5O3/c1-7-10(21-3)11(20)14(2,22-7)19-5-8(4-15)9-12(16)17-6-18-13(9)19/h5-6,10-11,20H,1H2,2-3H3,(H2,16,17,18)/t10-,11-,14-/m1/s1. The summed E-state index contributed by atoms with van der Waals surface area (Å²) < 4.78 is 12.5. The Kier molecular flexibility index (Phi) is 3.05. The van der Waals surface area contributed by atoms with E-state index in [9.17, 15) is 10.4 Å². The van der Waals surface area contributed by atoms with Crippen molar-refractivity contribution in [2.24, 2.45) is 0 Å². The molecule has 2 aromatic rings. The molecule has 3 rings (SSSR count). The van der Waals surface area contributed by atoms with Crippen molar-refractivity contribution in [2.75, 3.05) is 12.8 Å². The molecular weight excluding hydrogens is 286 g/mol. The van der Waals surface area contributed by atoms with Gasteiger partial charge in [-0.3, -0.25) is 4.57 Å². The maximum atomic E-state index is 10.6.